The van der Waals surface area contributed by atoms with E-state index in [4.69, 9.17) is 0 Å². The molecule has 0 aliphatic rings. The van der Waals surface area contributed by atoms with E-state index in [1.54, 1.807) is 6.07 Å². The molecular weight excluding hydrogens is 264 g/mol. The van der Waals surface area contributed by atoms with Crippen molar-refractivity contribution in [3.05, 3.63) is 24.3 Å². The number of hydrogen-bond donors (Lipinski definition) is 1. The van der Waals surface area contributed by atoms with Crippen molar-refractivity contribution in [2.24, 2.45) is 0 Å². The van der Waals surface area contributed by atoms with Gasteiger partial charge < -0.3 is 5.11 Å². The third-order valence-electron chi connectivity index (χ3n) is 3.58. The molecule has 0 aromatic heterocycles. The van der Waals surface area contributed by atoms with Crippen molar-refractivity contribution in [3.8, 4) is 5.75 Å². The van der Waals surface area contributed by atoms with E-state index in [-0.39, 0.29) is 0 Å². The third kappa shape index (κ3) is 9.30. The minimum absolute atomic E-state index is 0.373. The molecule has 0 spiro atoms. The van der Waals surface area contributed by atoms with E-state index in [1.807, 2.05) is 23.9 Å². The summed E-state index contributed by atoms with van der Waals surface area (Å²) in [6.45, 7) is 2.27. The van der Waals surface area contributed by atoms with Crippen LogP contribution in [-0.4, -0.2) is 10.9 Å². The van der Waals surface area contributed by atoms with Gasteiger partial charge in [-0.25, -0.2) is 0 Å². The summed E-state index contributed by atoms with van der Waals surface area (Å²) in [5.41, 5.74) is 0. The fourth-order valence-electron chi connectivity index (χ4n) is 2.35. The van der Waals surface area contributed by atoms with Crippen LogP contribution in [0, 0.1) is 0 Å². The molecule has 0 bridgehead atoms. The summed E-state index contributed by atoms with van der Waals surface area (Å²) < 4.78 is 0. The maximum Gasteiger partial charge on any atom is 0.116 e. The van der Waals surface area contributed by atoms with Crippen LogP contribution in [0.5, 0.6) is 5.75 Å². The summed E-state index contributed by atoms with van der Waals surface area (Å²) >= 11 is 1.85. The summed E-state index contributed by atoms with van der Waals surface area (Å²) in [4.78, 5) is 1.18. The Labute approximate surface area is 129 Å². The summed E-state index contributed by atoms with van der Waals surface area (Å²) in [6, 6.07) is 7.56. The van der Waals surface area contributed by atoms with Crippen LogP contribution in [-0.2, 0) is 0 Å². The van der Waals surface area contributed by atoms with E-state index < -0.39 is 0 Å². The standard InChI is InChI=1S/C18H30OS/c1-2-3-4-5-6-7-8-9-10-11-15-20-18-14-12-13-17(19)16-18/h12-14,16,19H,2-11,15H2,1H3. The van der Waals surface area contributed by atoms with Crippen LogP contribution in [0.2, 0.25) is 0 Å². The topological polar surface area (TPSA) is 20.2 Å². The van der Waals surface area contributed by atoms with Gasteiger partial charge in [-0.05, 0) is 30.4 Å². The number of benzene rings is 1. The molecule has 0 radical (unpaired) electrons. The Morgan fingerprint density at radius 1 is 0.850 bits per heavy atom. The number of aromatic hydroxyl groups is 1. The second kappa shape index (κ2) is 12.1. The molecule has 1 nitrogen and oxygen atoms in total. The molecule has 2 heteroatoms. The molecule has 0 fully saturated rings. The van der Waals surface area contributed by atoms with Gasteiger partial charge in [0.25, 0.3) is 0 Å². The maximum atomic E-state index is 9.38. The van der Waals surface area contributed by atoms with Gasteiger partial charge in [0.1, 0.15) is 5.75 Å². The number of thioether (sulfide) groups is 1. The van der Waals surface area contributed by atoms with Crippen molar-refractivity contribution < 1.29 is 5.11 Å². The molecule has 0 atom stereocenters. The van der Waals surface area contributed by atoms with E-state index in [0.717, 1.165) is 0 Å². The predicted molar refractivity (Wildman–Crippen MR) is 90.7 cm³/mol. The minimum Gasteiger partial charge on any atom is -0.508 e. The minimum atomic E-state index is 0.373. The molecular formula is C18H30OS. The quantitative estimate of drug-likeness (QED) is 0.355. The highest BCUT2D eigenvalue weighted by Crippen LogP contribution is 2.23. The van der Waals surface area contributed by atoms with Gasteiger partial charge in [-0.3, -0.25) is 0 Å². The Morgan fingerprint density at radius 3 is 2.05 bits per heavy atom. The van der Waals surface area contributed by atoms with Gasteiger partial charge in [-0.2, -0.15) is 0 Å². The van der Waals surface area contributed by atoms with Crippen molar-refractivity contribution in [2.45, 2.75) is 76.0 Å². The van der Waals surface area contributed by atoms with E-state index in [2.05, 4.69) is 13.0 Å². The van der Waals surface area contributed by atoms with Crippen LogP contribution in [0.1, 0.15) is 71.1 Å². The smallest absolute Gasteiger partial charge is 0.116 e. The van der Waals surface area contributed by atoms with Crippen LogP contribution in [0.15, 0.2) is 29.2 Å². The van der Waals surface area contributed by atoms with Crippen molar-refractivity contribution in [1.82, 2.24) is 0 Å². The molecule has 114 valence electrons. The zero-order chi connectivity index (χ0) is 14.5. The lowest BCUT2D eigenvalue weighted by molar-refractivity contribution is 0.474. The molecule has 0 saturated carbocycles. The van der Waals surface area contributed by atoms with Gasteiger partial charge in [0.2, 0.25) is 0 Å². The van der Waals surface area contributed by atoms with Crippen molar-refractivity contribution >= 4 is 11.8 Å². The Morgan fingerprint density at radius 2 is 1.45 bits per heavy atom. The Balaban J connectivity index is 1.85. The fourth-order valence-corrected chi connectivity index (χ4v) is 3.32. The van der Waals surface area contributed by atoms with Gasteiger partial charge in [-0.1, -0.05) is 70.8 Å². The van der Waals surface area contributed by atoms with Crippen LogP contribution in [0.4, 0.5) is 0 Å². The molecule has 0 heterocycles. The lowest BCUT2D eigenvalue weighted by Crippen LogP contribution is -1.84. The first-order valence-electron chi connectivity index (χ1n) is 8.24. The third-order valence-corrected chi connectivity index (χ3v) is 4.66. The van der Waals surface area contributed by atoms with Gasteiger partial charge in [0, 0.05) is 4.90 Å². The Hall–Kier alpha value is -0.630. The summed E-state index contributed by atoms with van der Waals surface area (Å²) in [5.74, 6) is 1.54. The zero-order valence-electron chi connectivity index (χ0n) is 12.9. The maximum absolute atomic E-state index is 9.38. The number of phenols is 1. The van der Waals surface area contributed by atoms with E-state index >= 15 is 0 Å². The average Bonchev–Trinajstić information content (AvgIpc) is 2.45. The van der Waals surface area contributed by atoms with Crippen LogP contribution in [0.25, 0.3) is 0 Å². The van der Waals surface area contributed by atoms with Crippen molar-refractivity contribution in [1.29, 1.82) is 0 Å². The second-order valence-corrected chi connectivity index (χ2v) is 6.70. The molecule has 0 saturated heterocycles. The van der Waals surface area contributed by atoms with Gasteiger partial charge >= 0.3 is 0 Å². The number of phenolic OH excluding ortho intramolecular Hbond substituents is 1. The SMILES string of the molecule is CCCCCCCCCCCCSc1cccc(O)c1. The molecule has 1 rings (SSSR count). The van der Waals surface area contributed by atoms with Gasteiger partial charge in [0.15, 0.2) is 0 Å². The largest absolute Gasteiger partial charge is 0.508 e. The number of rotatable bonds is 12. The normalized spacial score (nSPS) is 10.8. The lowest BCUT2D eigenvalue weighted by atomic mass is 10.1. The molecule has 0 aliphatic heterocycles. The summed E-state index contributed by atoms with van der Waals surface area (Å²) in [5, 5.41) is 9.38. The molecule has 0 aliphatic carbocycles. The highest BCUT2D eigenvalue weighted by Gasteiger charge is 1.96. The lowest BCUT2D eigenvalue weighted by Gasteiger charge is -2.03. The molecule has 1 aromatic carbocycles. The van der Waals surface area contributed by atoms with Crippen LogP contribution < -0.4 is 0 Å². The van der Waals surface area contributed by atoms with E-state index in [0.29, 0.717) is 5.75 Å². The first-order chi connectivity index (χ1) is 9.83. The first kappa shape index (κ1) is 17.4. The molecule has 0 amide bonds. The average molecular weight is 295 g/mol. The summed E-state index contributed by atoms with van der Waals surface area (Å²) in [6.07, 6.45) is 13.9. The van der Waals surface area contributed by atoms with Crippen LogP contribution >= 0.6 is 11.8 Å². The van der Waals surface area contributed by atoms with Crippen molar-refractivity contribution in [3.63, 3.8) is 0 Å². The number of hydrogen-bond acceptors (Lipinski definition) is 2. The summed E-state index contributed by atoms with van der Waals surface area (Å²) in [7, 11) is 0. The predicted octanol–water partition coefficient (Wildman–Crippen LogP) is 6.41. The molecule has 20 heavy (non-hydrogen) atoms. The highest BCUT2D eigenvalue weighted by atomic mass is 32.2. The Kier molecular flexibility index (Phi) is 10.6. The molecule has 0 unspecified atom stereocenters. The molecule has 1 aromatic rings. The van der Waals surface area contributed by atoms with Crippen molar-refractivity contribution in [2.75, 3.05) is 5.75 Å². The van der Waals surface area contributed by atoms with E-state index in [1.165, 1.54) is 74.9 Å². The fraction of sp³-hybridized carbons (Fsp3) is 0.667. The highest BCUT2D eigenvalue weighted by molar-refractivity contribution is 7.99. The molecule has 1 N–H and O–H groups in total. The van der Waals surface area contributed by atoms with Crippen LogP contribution in [0.3, 0.4) is 0 Å². The monoisotopic (exact) mass is 294 g/mol. The first-order valence-corrected chi connectivity index (χ1v) is 9.23. The second-order valence-electron chi connectivity index (χ2n) is 5.53. The number of unbranched alkanes of at least 4 members (excludes halogenated alkanes) is 9. The van der Waals surface area contributed by atoms with Gasteiger partial charge in [-0.15, -0.1) is 11.8 Å². The van der Waals surface area contributed by atoms with Gasteiger partial charge in [0.05, 0.1) is 0 Å². The zero-order valence-corrected chi connectivity index (χ0v) is 13.8. The van der Waals surface area contributed by atoms with E-state index in [9.17, 15) is 5.11 Å². The Bertz CT molecular complexity index is 338.